The number of piperidine rings is 2. The molecule has 2 N–H and O–H groups in total. The van der Waals surface area contributed by atoms with Crippen molar-refractivity contribution in [2.24, 2.45) is 4.99 Å². The van der Waals surface area contributed by atoms with Gasteiger partial charge in [0.15, 0.2) is 5.96 Å². The van der Waals surface area contributed by atoms with E-state index in [1.165, 1.54) is 48.9 Å². The number of hydrogen-bond acceptors (Lipinski definition) is 3. The van der Waals surface area contributed by atoms with E-state index >= 15 is 0 Å². The number of guanidine groups is 1. The van der Waals surface area contributed by atoms with Crippen LogP contribution in [0.2, 0.25) is 0 Å². The molecule has 5 nitrogen and oxygen atoms in total. The maximum absolute atomic E-state index is 4.89. The van der Waals surface area contributed by atoms with Crippen LogP contribution < -0.4 is 15.5 Å². The maximum Gasteiger partial charge on any atom is 0.191 e. The Morgan fingerprint density at radius 2 is 1.89 bits per heavy atom. The van der Waals surface area contributed by atoms with E-state index in [1.807, 2.05) is 0 Å². The van der Waals surface area contributed by atoms with Crippen LogP contribution in [0, 0.1) is 6.92 Å². The molecule has 2 atom stereocenters. The van der Waals surface area contributed by atoms with E-state index in [-0.39, 0.29) is 24.0 Å². The monoisotopic (exact) mass is 499 g/mol. The van der Waals surface area contributed by atoms with E-state index in [1.54, 1.807) is 0 Å². The lowest BCUT2D eigenvalue weighted by Crippen LogP contribution is -2.56. The van der Waals surface area contributed by atoms with Crippen LogP contribution in [0.4, 0.5) is 5.69 Å². The van der Waals surface area contributed by atoms with E-state index in [9.17, 15) is 0 Å². The number of nitrogens with one attached hydrogen (secondary N) is 2. The van der Waals surface area contributed by atoms with Gasteiger partial charge in [0.1, 0.15) is 0 Å². The molecule has 158 valence electrons. The Morgan fingerprint density at radius 3 is 2.46 bits per heavy atom. The maximum atomic E-state index is 4.89. The van der Waals surface area contributed by atoms with Gasteiger partial charge < -0.3 is 20.4 Å². The second kappa shape index (κ2) is 10.7. The average molecular weight is 499 g/mol. The molecule has 0 amide bonds. The number of nitrogens with zero attached hydrogens (tertiary/aromatic N) is 3. The molecule has 0 aromatic heterocycles. The molecule has 3 rings (SSSR count). The predicted molar refractivity (Wildman–Crippen MR) is 131 cm³/mol. The van der Waals surface area contributed by atoms with Crippen molar-refractivity contribution in [2.75, 3.05) is 32.6 Å². The third kappa shape index (κ3) is 5.75. The Morgan fingerprint density at radius 1 is 1.21 bits per heavy atom. The predicted octanol–water partition coefficient (Wildman–Crippen LogP) is 3.75. The van der Waals surface area contributed by atoms with Crippen molar-refractivity contribution >= 4 is 35.6 Å². The van der Waals surface area contributed by atoms with E-state index in [4.69, 9.17) is 4.99 Å². The van der Waals surface area contributed by atoms with Gasteiger partial charge in [-0.1, -0.05) is 12.5 Å². The Labute approximate surface area is 188 Å². The van der Waals surface area contributed by atoms with Gasteiger partial charge in [0.2, 0.25) is 0 Å². The van der Waals surface area contributed by atoms with Crippen LogP contribution >= 0.6 is 24.0 Å². The lowest BCUT2D eigenvalue weighted by atomic mass is 9.82. The van der Waals surface area contributed by atoms with Gasteiger partial charge in [0.25, 0.3) is 0 Å². The van der Waals surface area contributed by atoms with Crippen molar-refractivity contribution in [1.82, 2.24) is 15.5 Å². The molecule has 1 aromatic rings. The van der Waals surface area contributed by atoms with Crippen molar-refractivity contribution in [3.05, 3.63) is 29.3 Å². The van der Waals surface area contributed by atoms with Gasteiger partial charge in [-0.3, -0.25) is 0 Å². The van der Waals surface area contributed by atoms with Crippen molar-refractivity contribution < 1.29 is 0 Å². The van der Waals surface area contributed by atoms with Crippen molar-refractivity contribution in [1.29, 1.82) is 0 Å². The lowest BCUT2D eigenvalue weighted by molar-refractivity contribution is 0.0526. The highest BCUT2D eigenvalue weighted by Crippen LogP contribution is 2.32. The van der Waals surface area contributed by atoms with Crippen LogP contribution in [0.3, 0.4) is 0 Å². The first-order chi connectivity index (χ1) is 13.0. The summed E-state index contributed by atoms with van der Waals surface area (Å²) in [6.07, 6.45) is 6.54. The molecule has 2 heterocycles. The summed E-state index contributed by atoms with van der Waals surface area (Å²) in [6, 6.07) is 8.63. The number of anilines is 1. The molecule has 0 spiro atoms. The Hall–Kier alpha value is -1.02. The van der Waals surface area contributed by atoms with Crippen LogP contribution in [0.1, 0.15) is 50.2 Å². The summed E-state index contributed by atoms with van der Waals surface area (Å²) >= 11 is 0. The van der Waals surface area contributed by atoms with Crippen LogP contribution in [0.15, 0.2) is 23.2 Å². The minimum Gasteiger partial charge on any atom is -0.378 e. The lowest BCUT2D eigenvalue weighted by Gasteiger charge is -2.47. The minimum atomic E-state index is 0. The summed E-state index contributed by atoms with van der Waals surface area (Å²) < 4.78 is 0. The molecular weight excluding hydrogens is 461 g/mol. The topological polar surface area (TPSA) is 42.9 Å². The Balaban J connectivity index is 0.00000280. The molecule has 2 saturated heterocycles. The third-order valence-corrected chi connectivity index (χ3v) is 6.27. The van der Waals surface area contributed by atoms with Gasteiger partial charge in [-0.2, -0.15) is 0 Å². The summed E-state index contributed by atoms with van der Waals surface area (Å²) in [7, 11) is 6.47. The van der Waals surface area contributed by atoms with Gasteiger partial charge in [0, 0.05) is 44.5 Å². The van der Waals surface area contributed by atoms with Crippen LogP contribution in [0.25, 0.3) is 0 Å². The Kier molecular flexibility index (Phi) is 8.86. The fourth-order valence-electron chi connectivity index (χ4n) is 4.55. The summed E-state index contributed by atoms with van der Waals surface area (Å²) in [6.45, 7) is 5.92. The van der Waals surface area contributed by atoms with Crippen LogP contribution in [0.5, 0.6) is 0 Å². The normalized spacial score (nSPS) is 25.0. The van der Waals surface area contributed by atoms with Gasteiger partial charge in [0.05, 0.1) is 6.54 Å². The quantitative estimate of drug-likeness (QED) is 0.368. The van der Waals surface area contributed by atoms with Crippen molar-refractivity contribution in [2.45, 2.75) is 70.6 Å². The zero-order valence-corrected chi connectivity index (χ0v) is 20.5. The molecule has 0 saturated carbocycles. The van der Waals surface area contributed by atoms with Crippen LogP contribution in [-0.4, -0.2) is 56.7 Å². The third-order valence-electron chi connectivity index (χ3n) is 6.27. The van der Waals surface area contributed by atoms with Gasteiger partial charge >= 0.3 is 0 Å². The Bertz CT molecular complexity index is 646. The van der Waals surface area contributed by atoms with Crippen LogP contribution in [-0.2, 0) is 6.54 Å². The fourth-order valence-corrected chi connectivity index (χ4v) is 4.55. The number of halogens is 1. The first-order valence-corrected chi connectivity index (χ1v) is 10.5. The zero-order chi connectivity index (χ0) is 19.4. The highest BCUT2D eigenvalue weighted by atomic mass is 127. The molecule has 2 aliphatic rings. The molecule has 0 radical (unpaired) electrons. The van der Waals surface area contributed by atoms with E-state index in [0.29, 0.717) is 12.6 Å². The smallest absolute Gasteiger partial charge is 0.191 e. The number of benzene rings is 1. The molecule has 2 aliphatic heterocycles. The summed E-state index contributed by atoms with van der Waals surface area (Å²) in [5.41, 5.74) is 3.83. The number of aliphatic imine (C=N–C) groups is 1. The molecule has 0 aliphatic carbocycles. The first kappa shape index (κ1) is 23.3. The molecular formula is C22H38IN5. The summed E-state index contributed by atoms with van der Waals surface area (Å²) in [5.74, 6) is 0.959. The van der Waals surface area contributed by atoms with Gasteiger partial charge in [-0.05, 0) is 69.8 Å². The summed E-state index contributed by atoms with van der Waals surface area (Å²) in [5, 5.41) is 7.17. The van der Waals surface area contributed by atoms with E-state index in [0.717, 1.165) is 24.6 Å². The highest BCUT2D eigenvalue weighted by Gasteiger charge is 2.36. The summed E-state index contributed by atoms with van der Waals surface area (Å²) in [4.78, 5) is 9.65. The van der Waals surface area contributed by atoms with E-state index in [2.05, 4.69) is 73.6 Å². The van der Waals surface area contributed by atoms with Crippen molar-refractivity contribution in [3.8, 4) is 0 Å². The molecule has 2 bridgehead atoms. The number of aryl methyl sites for hydroxylation is 1. The molecule has 2 unspecified atom stereocenters. The van der Waals surface area contributed by atoms with E-state index < -0.39 is 0 Å². The average Bonchev–Trinajstić information content (AvgIpc) is 2.61. The van der Waals surface area contributed by atoms with Crippen molar-refractivity contribution in [3.63, 3.8) is 0 Å². The SMILES string of the molecule is CCNC(=NCc1ccc(N(C)C)cc1C)NC1CC2CCCC(C1)N2C.I. The van der Waals surface area contributed by atoms with Gasteiger partial charge in [-0.25, -0.2) is 4.99 Å². The first-order valence-electron chi connectivity index (χ1n) is 10.5. The molecule has 28 heavy (non-hydrogen) atoms. The zero-order valence-electron chi connectivity index (χ0n) is 18.2. The fraction of sp³-hybridized carbons (Fsp3) is 0.682. The highest BCUT2D eigenvalue weighted by molar-refractivity contribution is 14.0. The second-order valence-electron chi connectivity index (χ2n) is 8.42. The minimum absolute atomic E-state index is 0. The van der Waals surface area contributed by atoms with Gasteiger partial charge in [-0.15, -0.1) is 24.0 Å². The molecule has 2 fully saturated rings. The molecule has 1 aromatic carbocycles. The second-order valence-corrected chi connectivity index (χ2v) is 8.42. The number of rotatable bonds is 5. The molecule has 6 heteroatoms. The largest absolute Gasteiger partial charge is 0.378 e. The number of fused-ring (bicyclic) bond motifs is 2. The standard InChI is InChI=1S/C22H37N5.HI/c1-6-23-22(24-15-17-10-11-19(26(3)4)12-16(17)2)25-18-13-20-8-7-9-21(14-18)27(20)5;/h10-12,18,20-21H,6-9,13-15H2,1-5H3,(H2,23,24,25);1H. The number of hydrogen-bond donors (Lipinski definition) is 2.